The van der Waals surface area contributed by atoms with Gasteiger partial charge in [0.15, 0.2) is 0 Å². The smallest absolute Gasteiger partial charge is 0.00919 e. The molecule has 0 fully saturated rings. The van der Waals surface area contributed by atoms with E-state index in [1.807, 2.05) is 0 Å². The van der Waals surface area contributed by atoms with Crippen LogP contribution < -0.4 is 0 Å². The van der Waals surface area contributed by atoms with E-state index >= 15 is 0 Å². The molecule has 41 heavy (non-hydrogen) atoms. The fourth-order valence-electron chi connectivity index (χ4n) is 6.00. The molecule has 1 unspecified atom stereocenters. The van der Waals surface area contributed by atoms with Crippen LogP contribution in [0.2, 0.25) is 0 Å². The monoisotopic (exact) mass is 534 g/mol. The summed E-state index contributed by atoms with van der Waals surface area (Å²) in [6.45, 7) is 13.3. The van der Waals surface area contributed by atoms with Gasteiger partial charge in [-0.05, 0) is 126 Å². The quantitative estimate of drug-likeness (QED) is 0.207. The molecule has 0 bridgehead atoms. The molecule has 0 spiro atoms. The average molecular weight is 535 g/mol. The summed E-state index contributed by atoms with van der Waals surface area (Å²) in [6, 6.07) is 31.6. The molecule has 0 heteroatoms. The molecular weight excluding hydrogens is 492 g/mol. The van der Waals surface area contributed by atoms with Gasteiger partial charge in [-0.2, -0.15) is 0 Å². The number of allylic oxidation sites excluding steroid dienone is 8. The summed E-state index contributed by atoms with van der Waals surface area (Å²) in [6.07, 6.45) is 13.4. The van der Waals surface area contributed by atoms with Crippen molar-refractivity contribution < 1.29 is 0 Å². The van der Waals surface area contributed by atoms with E-state index in [1.165, 1.54) is 72.4 Å². The van der Waals surface area contributed by atoms with Gasteiger partial charge in [0.2, 0.25) is 0 Å². The van der Waals surface area contributed by atoms with E-state index in [-0.39, 0.29) is 0 Å². The van der Waals surface area contributed by atoms with Crippen LogP contribution in [0, 0.1) is 20.8 Å². The SMILES string of the molecule is C/C=C(\C=C/CC)c1ccc(C)c(-c2cc(C3=CC=C(C)C(c4cc(-c5ccccc5)ccc4C)C3)ccc2C)c1. The highest BCUT2D eigenvalue weighted by molar-refractivity contribution is 5.82. The third-order valence-electron chi connectivity index (χ3n) is 8.60. The number of aryl methyl sites for hydroxylation is 3. The molecule has 0 aromatic heterocycles. The highest BCUT2D eigenvalue weighted by Gasteiger charge is 2.22. The molecule has 0 radical (unpaired) electrons. The van der Waals surface area contributed by atoms with Gasteiger partial charge in [0, 0.05) is 5.92 Å². The Labute approximate surface area is 247 Å². The molecule has 4 aromatic rings. The number of benzene rings is 4. The normalized spacial score (nSPS) is 15.7. The Morgan fingerprint density at radius 3 is 2.12 bits per heavy atom. The average Bonchev–Trinajstić information content (AvgIpc) is 3.00. The van der Waals surface area contributed by atoms with Gasteiger partial charge >= 0.3 is 0 Å². The minimum absolute atomic E-state index is 0.371. The van der Waals surface area contributed by atoms with Crippen molar-refractivity contribution in [2.75, 3.05) is 0 Å². The highest BCUT2D eigenvalue weighted by atomic mass is 14.3. The Morgan fingerprint density at radius 1 is 0.707 bits per heavy atom. The summed E-state index contributed by atoms with van der Waals surface area (Å²) in [5.74, 6) is 0.371. The Morgan fingerprint density at radius 2 is 1.39 bits per heavy atom. The Bertz CT molecular complexity index is 1670. The van der Waals surface area contributed by atoms with Gasteiger partial charge in [-0.1, -0.05) is 116 Å². The van der Waals surface area contributed by atoms with Crippen molar-refractivity contribution in [3.8, 4) is 22.3 Å². The second kappa shape index (κ2) is 12.6. The third kappa shape index (κ3) is 6.13. The van der Waals surface area contributed by atoms with Crippen LogP contribution in [0.15, 0.2) is 121 Å². The lowest BCUT2D eigenvalue weighted by atomic mass is 9.78. The molecule has 1 aliphatic carbocycles. The third-order valence-corrected chi connectivity index (χ3v) is 8.60. The zero-order valence-electron chi connectivity index (χ0n) is 25.5. The van der Waals surface area contributed by atoms with E-state index < -0.39 is 0 Å². The second-order valence-corrected chi connectivity index (χ2v) is 11.4. The summed E-state index contributed by atoms with van der Waals surface area (Å²) in [7, 11) is 0. The van der Waals surface area contributed by atoms with Crippen LogP contribution in [-0.2, 0) is 0 Å². The van der Waals surface area contributed by atoms with Gasteiger partial charge in [-0.15, -0.1) is 0 Å². The maximum absolute atomic E-state index is 2.42. The van der Waals surface area contributed by atoms with Gasteiger partial charge in [0.05, 0.1) is 0 Å². The maximum atomic E-state index is 2.42. The Hall–Kier alpha value is -4.16. The van der Waals surface area contributed by atoms with Crippen molar-refractivity contribution in [2.45, 2.75) is 60.3 Å². The predicted molar refractivity (Wildman–Crippen MR) is 180 cm³/mol. The summed E-state index contributed by atoms with van der Waals surface area (Å²) in [4.78, 5) is 0. The predicted octanol–water partition coefficient (Wildman–Crippen LogP) is 11.8. The second-order valence-electron chi connectivity index (χ2n) is 11.4. The van der Waals surface area contributed by atoms with Crippen molar-refractivity contribution in [2.24, 2.45) is 0 Å². The van der Waals surface area contributed by atoms with E-state index in [0.29, 0.717) is 5.92 Å². The summed E-state index contributed by atoms with van der Waals surface area (Å²) >= 11 is 0. The lowest BCUT2D eigenvalue weighted by molar-refractivity contribution is 0.803. The van der Waals surface area contributed by atoms with Crippen LogP contribution in [0.1, 0.15) is 72.9 Å². The van der Waals surface area contributed by atoms with Crippen molar-refractivity contribution >= 4 is 11.1 Å². The summed E-state index contributed by atoms with van der Waals surface area (Å²) < 4.78 is 0. The highest BCUT2D eigenvalue weighted by Crippen LogP contribution is 2.41. The molecule has 0 nitrogen and oxygen atoms in total. The lowest BCUT2D eigenvalue weighted by Crippen LogP contribution is -2.08. The summed E-state index contributed by atoms with van der Waals surface area (Å²) in [5, 5.41) is 0. The van der Waals surface area contributed by atoms with E-state index in [9.17, 15) is 0 Å². The molecule has 1 atom stereocenters. The first-order valence-corrected chi connectivity index (χ1v) is 15.0. The number of rotatable bonds is 7. The molecule has 0 amide bonds. The first-order valence-electron chi connectivity index (χ1n) is 15.0. The van der Waals surface area contributed by atoms with Crippen LogP contribution >= 0.6 is 0 Å². The largest absolute Gasteiger partial charge is 0.0842 e. The molecule has 4 aromatic carbocycles. The van der Waals surface area contributed by atoms with Gasteiger partial charge in [0.1, 0.15) is 0 Å². The van der Waals surface area contributed by atoms with Gasteiger partial charge in [0.25, 0.3) is 0 Å². The van der Waals surface area contributed by atoms with Gasteiger partial charge < -0.3 is 0 Å². The van der Waals surface area contributed by atoms with Crippen molar-refractivity contribution in [1.82, 2.24) is 0 Å². The maximum Gasteiger partial charge on any atom is 0.00919 e. The van der Waals surface area contributed by atoms with E-state index in [0.717, 1.165) is 12.8 Å². The van der Waals surface area contributed by atoms with Crippen LogP contribution in [-0.4, -0.2) is 0 Å². The van der Waals surface area contributed by atoms with Crippen molar-refractivity contribution in [3.63, 3.8) is 0 Å². The number of hydrogen-bond acceptors (Lipinski definition) is 0. The molecule has 0 N–H and O–H groups in total. The van der Waals surface area contributed by atoms with E-state index in [2.05, 4.69) is 157 Å². The zero-order chi connectivity index (χ0) is 28.9. The van der Waals surface area contributed by atoms with Crippen molar-refractivity contribution in [1.29, 1.82) is 0 Å². The topological polar surface area (TPSA) is 0 Å². The molecule has 5 rings (SSSR count). The van der Waals surface area contributed by atoms with Crippen LogP contribution in [0.5, 0.6) is 0 Å². The van der Waals surface area contributed by atoms with E-state index in [4.69, 9.17) is 0 Å². The first kappa shape index (κ1) is 28.4. The van der Waals surface area contributed by atoms with Crippen LogP contribution in [0.3, 0.4) is 0 Å². The summed E-state index contributed by atoms with van der Waals surface area (Å²) in [5.41, 5.74) is 17.3. The minimum Gasteiger partial charge on any atom is -0.0842 e. The molecule has 0 aliphatic heterocycles. The van der Waals surface area contributed by atoms with Gasteiger partial charge in [-0.3, -0.25) is 0 Å². The molecular formula is C41H42. The standard InChI is InChI=1S/C41H42/c1-7-9-13-32(8-2)34-20-16-28(3)38(24-34)40-26-36(22-18-30(40)5)37-23-19-31(6)41(27-37)39-25-35(21-17-29(39)4)33-14-11-10-12-15-33/h8-26,41H,7,27H2,1-6H3/b13-9-,32-8+. The van der Waals surface area contributed by atoms with Crippen LogP contribution in [0.25, 0.3) is 33.4 Å². The Kier molecular flexibility index (Phi) is 8.70. The van der Waals surface area contributed by atoms with Crippen LogP contribution in [0.4, 0.5) is 0 Å². The van der Waals surface area contributed by atoms with E-state index in [1.54, 1.807) is 0 Å². The Balaban J connectivity index is 1.50. The molecule has 0 saturated carbocycles. The fourth-order valence-corrected chi connectivity index (χ4v) is 6.00. The number of hydrogen-bond donors (Lipinski definition) is 0. The molecule has 0 saturated heterocycles. The van der Waals surface area contributed by atoms with Crippen molar-refractivity contribution in [3.05, 3.63) is 154 Å². The fraction of sp³-hybridized carbons (Fsp3) is 0.220. The minimum atomic E-state index is 0.371. The first-order chi connectivity index (χ1) is 19.9. The lowest BCUT2D eigenvalue weighted by Gasteiger charge is -2.26. The molecule has 1 aliphatic rings. The van der Waals surface area contributed by atoms with Gasteiger partial charge in [-0.25, -0.2) is 0 Å². The zero-order valence-corrected chi connectivity index (χ0v) is 25.5. The molecule has 0 heterocycles. The molecule has 206 valence electrons.